The minimum Gasteiger partial charge on any atom is -0.348 e. The molecule has 29 heavy (non-hydrogen) atoms. The standard InChI is InChI=1S/C22H21ClN4O2/c1-14-21(23)15(2)27(25-14)18-8-6-17(7-9-18)22(29)24-13-16-4-3-5-19(12-16)26-11-10-20(26)28/h3-9,12H,10-11,13H2,1-2H3,(H,24,29). The van der Waals surface area contributed by atoms with E-state index in [1.165, 1.54) is 0 Å². The van der Waals surface area contributed by atoms with Gasteiger partial charge in [-0.2, -0.15) is 5.10 Å². The van der Waals surface area contributed by atoms with Gasteiger partial charge < -0.3 is 10.2 Å². The summed E-state index contributed by atoms with van der Waals surface area (Å²) in [5.74, 6) is -0.0245. The van der Waals surface area contributed by atoms with E-state index in [1.807, 2.05) is 50.2 Å². The van der Waals surface area contributed by atoms with E-state index in [2.05, 4.69) is 10.4 Å². The van der Waals surface area contributed by atoms with Crippen molar-refractivity contribution in [3.8, 4) is 5.69 Å². The molecule has 0 unspecified atom stereocenters. The third-order valence-corrected chi connectivity index (χ3v) is 5.65. The van der Waals surface area contributed by atoms with Crippen LogP contribution in [-0.2, 0) is 11.3 Å². The lowest BCUT2D eigenvalue weighted by atomic mass is 10.1. The van der Waals surface area contributed by atoms with Crippen molar-refractivity contribution in [2.45, 2.75) is 26.8 Å². The number of rotatable bonds is 5. The highest BCUT2D eigenvalue weighted by atomic mass is 35.5. The maximum atomic E-state index is 12.5. The van der Waals surface area contributed by atoms with E-state index < -0.39 is 0 Å². The fourth-order valence-electron chi connectivity index (χ4n) is 3.34. The molecule has 0 spiro atoms. The average molecular weight is 409 g/mol. The molecule has 0 aliphatic carbocycles. The Labute approximate surface area is 174 Å². The molecule has 1 aliphatic rings. The van der Waals surface area contributed by atoms with Crippen molar-refractivity contribution in [1.82, 2.24) is 15.1 Å². The van der Waals surface area contributed by atoms with Crippen molar-refractivity contribution >= 4 is 29.1 Å². The van der Waals surface area contributed by atoms with Gasteiger partial charge in [0.25, 0.3) is 5.91 Å². The summed E-state index contributed by atoms with van der Waals surface area (Å²) in [5.41, 5.74) is 4.87. The van der Waals surface area contributed by atoms with Crippen LogP contribution in [0.1, 0.15) is 33.7 Å². The minimum atomic E-state index is -0.159. The quantitative estimate of drug-likeness (QED) is 0.653. The van der Waals surface area contributed by atoms with Gasteiger partial charge in [0.2, 0.25) is 5.91 Å². The van der Waals surface area contributed by atoms with E-state index in [9.17, 15) is 9.59 Å². The second-order valence-corrected chi connectivity index (χ2v) is 7.47. The molecule has 0 saturated carbocycles. The van der Waals surface area contributed by atoms with E-state index in [0.717, 1.165) is 34.9 Å². The maximum absolute atomic E-state index is 12.5. The van der Waals surface area contributed by atoms with Crippen molar-refractivity contribution in [3.63, 3.8) is 0 Å². The number of hydrogen-bond acceptors (Lipinski definition) is 3. The number of nitrogens with one attached hydrogen (secondary N) is 1. The molecule has 148 valence electrons. The Balaban J connectivity index is 1.42. The van der Waals surface area contributed by atoms with Gasteiger partial charge in [0.1, 0.15) is 0 Å². The zero-order valence-corrected chi connectivity index (χ0v) is 17.0. The number of carbonyl (C=O) groups is 2. The highest BCUT2D eigenvalue weighted by Gasteiger charge is 2.25. The van der Waals surface area contributed by atoms with Gasteiger partial charge in [-0.05, 0) is 55.8 Å². The van der Waals surface area contributed by atoms with Crippen LogP contribution in [0.5, 0.6) is 0 Å². The number of anilines is 1. The van der Waals surface area contributed by atoms with Gasteiger partial charge in [0.15, 0.2) is 0 Å². The molecular formula is C22H21ClN4O2. The van der Waals surface area contributed by atoms with Crippen LogP contribution in [0.3, 0.4) is 0 Å². The molecule has 6 nitrogen and oxygen atoms in total. The van der Waals surface area contributed by atoms with E-state index in [1.54, 1.807) is 21.7 Å². The first-order valence-corrected chi connectivity index (χ1v) is 9.81. The monoisotopic (exact) mass is 408 g/mol. The van der Waals surface area contributed by atoms with E-state index >= 15 is 0 Å². The number of hydrogen-bond donors (Lipinski definition) is 1. The molecule has 1 fully saturated rings. The Morgan fingerprint density at radius 1 is 1.14 bits per heavy atom. The van der Waals surface area contributed by atoms with Gasteiger partial charge in [-0.25, -0.2) is 4.68 Å². The first-order valence-electron chi connectivity index (χ1n) is 9.43. The van der Waals surface area contributed by atoms with Crippen LogP contribution in [-0.4, -0.2) is 28.1 Å². The third kappa shape index (κ3) is 3.76. The van der Waals surface area contributed by atoms with Gasteiger partial charge >= 0.3 is 0 Å². The van der Waals surface area contributed by atoms with Gasteiger partial charge in [-0.3, -0.25) is 9.59 Å². The first kappa shape index (κ1) is 19.2. The normalized spacial score (nSPS) is 13.3. The topological polar surface area (TPSA) is 67.2 Å². The molecule has 4 rings (SSSR count). The summed E-state index contributed by atoms with van der Waals surface area (Å²) in [6.45, 7) is 4.91. The lowest BCUT2D eigenvalue weighted by Crippen LogP contribution is -2.43. The van der Waals surface area contributed by atoms with Crippen molar-refractivity contribution in [2.24, 2.45) is 0 Å². The molecule has 1 aromatic heterocycles. The van der Waals surface area contributed by atoms with Gasteiger partial charge in [-0.1, -0.05) is 23.7 Å². The van der Waals surface area contributed by atoms with Crippen LogP contribution in [0.25, 0.3) is 5.69 Å². The summed E-state index contributed by atoms with van der Waals surface area (Å²) in [6.07, 6.45) is 0.598. The molecule has 0 atom stereocenters. The SMILES string of the molecule is Cc1nn(-c2ccc(C(=O)NCc3cccc(N4CCC4=O)c3)cc2)c(C)c1Cl. The molecule has 1 N–H and O–H groups in total. The van der Waals surface area contributed by atoms with Crippen LogP contribution >= 0.6 is 11.6 Å². The molecule has 7 heteroatoms. The van der Waals surface area contributed by atoms with Crippen LogP contribution in [0.2, 0.25) is 5.02 Å². The zero-order chi connectivity index (χ0) is 20.5. The van der Waals surface area contributed by atoms with Crippen LogP contribution in [0, 0.1) is 13.8 Å². The molecular weight excluding hydrogens is 388 g/mol. The average Bonchev–Trinajstić information content (AvgIpc) is 2.98. The second-order valence-electron chi connectivity index (χ2n) is 7.09. The molecule has 1 aliphatic heterocycles. The largest absolute Gasteiger partial charge is 0.348 e. The molecule has 0 radical (unpaired) electrons. The summed E-state index contributed by atoms with van der Waals surface area (Å²) in [4.78, 5) is 25.9. The summed E-state index contributed by atoms with van der Waals surface area (Å²) >= 11 is 6.21. The van der Waals surface area contributed by atoms with Crippen LogP contribution in [0.4, 0.5) is 5.69 Å². The smallest absolute Gasteiger partial charge is 0.251 e. The number of β-lactam (4-membered cyclic amide) rings is 1. The molecule has 3 aromatic rings. The fourth-order valence-corrected chi connectivity index (χ4v) is 3.45. The van der Waals surface area contributed by atoms with E-state index in [-0.39, 0.29) is 11.8 Å². The fraction of sp³-hybridized carbons (Fsp3) is 0.227. The Morgan fingerprint density at radius 2 is 1.90 bits per heavy atom. The summed E-state index contributed by atoms with van der Waals surface area (Å²) in [7, 11) is 0. The lowest BCUT2D eigenvalue weighted by molar-refractivity contribution is -0.122. The number of carbonyl (C=O) groups excluding carboxylic acids is 2. The minimum absolute atomic E-state index is 0.134. The second kappa shape index (κ2) is 7.72. The van der Waals surface area contributed by atoms with Crippen molar-refractivity contribution in [3.05, 3.63) is 76.1 Å². The number of aryl methyl sites for hydroxylation is 1. The summed E-state index contributed by atoms with van der Waals surface area (Å²) in [6, 6.07) is 14.9. The predicted octanol–water partition coefficient (Wildman–Crippen LogP) is 3.81. The Hall–Kier alpha value is -3.12. The maximum Gasteiger partial charge on any atom is 0.251 e. The summed E-state index contributed by atoms with van der Waals surface area (Å²) in [5, 5.41) is 8.00. The van der Waals surface area contributed by atoms with Gasteiger partial charge in [-0.15, -0.1) is 0 Å². The van der Waals surface area contributed by atoms with E-state index in [0.29, 0.717) is 23.6 Å². The number of halogens is 1. The van der Waals surface area contributed by atoms with Crippen LogP contribution < -0.4 is 10.2 Å². The molecule has 0 bridgehead atoms. The van der Waals surface area contributed by atoms with Crippen molar-refractivity contribution in [1.29, 1.82) is 0 Å². The Bertz CT molecular complexity index is 1090. The zero-order valence-electron chi connectivity index (χ0n) is 16.3. The highest BCUT2D eigenvalue weighted by molar-refractivity contribution is 6.31. The highest BCUT2D eigenvalue weighted by Crippen LogP contribution is 2.23. The Kier molecular flexibility index (Phi) is 5.11. The lowest BCUT2D eigenvalue weighted by Gasteiger charge is -2.30. The number of nitrogens with zero attached hydrogens (tertiary/aromatic N) is 3. The first-order chi connectivity index (χ1) is 13.9. The Morgan fingerprint density at radius 3 is 2.48 bits per heavy atom. The molecule has 2 amide bonds. The number of amides is 2. The van der Waals surface area contributed by atoms with Gasteiger partial charge in [0, 0.05) is 30.8 Å². The van der Waals surface area contributed by atoms with Gasteiger partial charge in [0.05, 0.1) is 22.1 Å². The summed E-state index contributed by atoms with van der Waals surface area (Å²) < 4.78 is 1.77. The number of aromatic nitrogens is 2. The van der Waals surface area contributed by atoms with Crippen LogP contribution in [0.15, 0.2) is 48.5 Å². The predicted molar refractivity (Wildman–Crippen MR) is 113 cm³/mol. The van der Waals surface area contributed by atoms with Crippen molar-refractivity contribution < 1.29 is 9.59 Å². The molecule has 1 saturated heterocycles. The molecule has 2 aromatic carbocycles. The van der Waals surface area contributed by atoms with E-state index in [4.69, 9.17) is 11.6 Å². The third-order valence-electron chi connectivity index (χ3n) is 5.10. The molecule has 2 heterocycles. The van der Waals surface area contributed by atoms with Crippen molar-refractivity contribution in [2.75, 3.05) is 11.4 Å². The number of benzene rings is 2.